The highest BCUT2D eigenvalue weighted by Gasteiger charge is 2.27. The van der Waals surface area contributed by atoms with Gasteiger partial charge < -0.3 is 9.47 Å². The SMILES string of the molecule is CC1CCCn2c1cnc2CC1CCN(C(C)C)C1. The molecule has 19 heavy (non-hydrogen) atoms. The number of hydrogen-bond donors (Lipinski definition) is 0. The van der Waals surface area contributed by atoms with Crippen LogP contribution in [-0.2, 0) is 13.0 Å². The molecule has 3 rings (SSSR count). The van der Waals surface area contributed by atoms with Crippen molar-refractivity contribution in [1.29, 1.82) is 0 Å². The number of imidazole rings is 1. The van der Waals surface area contributed by atoms with Gasteiger partial charge in [0, 0.05) is 37.4 Å². The highest BCUT2D eigenvalue weighted by Crippen LogP contribution is 2.29. The first kappa shape index (κ1) is 13.2. The fraction of sp³-hybridized carbons (Fsp3) is 0.812. The third-order valence-electron chi connectivity index (χ3n) is 5.01. The van der Waals surface area contributed by atoms with Gasteiger partial charge in [-0.1, -0.05) is 6.92 Å². The smallest absolute Gasteiger partial charge is 0.109 e. The maximum absolute atomic E-state index is 4.73. The third kappa shape index (κ3) is 2.58. The van der Waals surface area contributed by atoms with Crippen LogP contribution in [0.3, 0.4) is 0 Å². The summed E-state index contributed by atoms with van der Waals surface area (Å²) >= 11 is 0. The number of rotatable bonds is 3. The van der Waals surface area contributed by atoms with Crippen LogP contribution in [0.1, 0.15) is 57.5 Å². The minimum atomic E-state index is 0.694. The molecule has 3 heterocycles. The van der Waals surface area contributed by atoms with Gasteiger partial charge in [0.15, 0.2) is 0 Å². The van der Waals surface area contributed by atoms with Gasteiger partial charge in [-0.15, -0.1) is 0 Å². The zero-order valence-electron chi connectivity index (χ0n) is 12.6. The Morgan fingerprint density at radius 1 is 1.32 bits per heavy atom. The first-order valence-corrected chi connectivity index (χ1v) is 7.93. The lowest BCUT2D eigenvalue weighted by Gasteiger charge is -2.23. The lowest BCUT2D eigenvalue weighted by molar-refractivity contribution is 0.264. The Morgan fingerprint density at radius 2 is 2.16 bits per heavy atom. The molecular weight excluding hydrogens is 234 g/mol. The summed E-state index contributed by atoms with van der Waals surface area (Å²) in [7, 11) is 0. The van der Waals surface area contributed by atoms with Crippen molar-refractivity contribution in [3.05, 3.63) is 17.7 Å². The summed E-state index contributed by atoms with van der Waals surface area (Å²) in [5, 5.41) is 0. The molecule has 2 aliphatic rings. The van der Waals surface area contributed by atoms with Gasteiger partial charge in [0.25, 0.3) is 0 Å². The Bertz CT molecular complexity index is 435. The molecule has 0 aliphatic carbocycles. The van der Waals surface area contributed by atoms with Crippen molar-refractivity contribution in [1.82, 2.24) is 14.5 Å². The van der Waals surface area contributed by atoms with E-state index in [9.17, 15) is 0 Å². The zero-order chi connectivity index (χ0) is 13.4. The molecule has 0 radical (unpaired) electrons. The minimum absolute atomic E-state index is 0.694. The number of hydrogen-bond acceptors (Lipinski definition) is 2. The maximum Gasteiger partial charge on any atom is 0.109 e. The van der Waals surface area contributed by atoms with Gasteiger partial charge in [0.05, 0.1) is 0 Å². The molecule has 0 bridgehead atoms. The standard InChI is InChI=1S/C16H27N3/c1-12(2)18-8-6-14(11-18)9-16-17-10-15-13(3)5-4-7-19(15)16/h10,12-14H,4-9,11H2,1-3H3. The third-order valence-corrected chi connectivity index (χ3v) is 5.01. The molecular formula is C16H27N3. The average Bonchev–Trinajstić information content (AvgIpc) is 2.98. The molecule has 106 valence electrons. The van der Waals surface area contributed by atoms with Crippen LogP contribution in [0.4, 0.5) is 0 Å². The molecule has 0 aromatic carbocycles. The predicted molar refractivity (Wildman–Crippen MR) is 78.4 cm³/mol. The zero-order valence-corrected chi connectivity index (χ0v) is 12.6. The molecule has 0 N–H and O–H groups in total. The largest absolute Gasteiger partial charge is 0.332 e. The summed E-state index contributed by atoms with van der Waals surface area (Å²) in [5.41, 5.74) is 1.47. The van der Waals surface area contributed by atoms with Gasteiger partial charge in [-0.3, -0.25) is 0 Å². The molecule has 0 saturated carbocycles. The van der Waals surface area contributed by atoms with E-state index in [0.717, 1.165) is 5.92 Å². The molecule has 3 nitrogen and oxygen atoms in total. The van der Waals surface area contributed by atoms with E-state index in [-0.39, 0.29) is 0 Å². The van der Waals surface area contributed by atoms with E-state index in [1.165, 1.54) is 56.8 Å². The van der Waals surface area contributed by atoms with Crippen LogP contribution < -0.4 is 0 Å². The van der Waals surface area contributed by atoms with Crippen LogP contribution in [0, 0.1) is 5.92 Å². The van der Waals surface area contributed by atoms with E-state index in [4.69, 9.17) is 4.98 Å². The Kier molecular flexibility index (Phi) is 3.66. The Labute approximate surface area is 117 Å². The van der Waals surface area contributed by atoms with E-state index < -0.39 is 0 Å². The summed E-state index contributed by atoms with van der Waals surface area (Å²) < 4.78 is 2.51. The molecule has 2 atom stereocenters. The second-order valence-corrected chi connectivity index (χ2v) is 6.74. The topological polar surface area (TPSA) is 21.1 Å². The van der Waals surface area contributed by atoms with E-state index in [1.807, 2.05) is 0 Å². The minimum Gasteiger partial charge on any atom is -0.332 e. The first-order valence-electron chi connectivity index (χ1n) is 7.93. The monoisotopic (exact) mass is 261 g/mol. The van der Waals surface area contributed by atoms with Gasteiger partial charge in [-0.05, 0) is 51.5 Å². The Hall–Kier alpha value is -0.830. The van der Waals surface area contributed by atoms with Crippen molar-refractivity contribution in [2.24, 2.45) is 5.92 Å². The Morgan fingerprint density at radius 3 is 2.89 bits per heavy atom. The molecule has 1 aromatic rings. The van der Waals surface area contributed by atoms with Crippen LogP contribution in [0.25, 0.3) is 0 Å². The normalized spacial score (nSPS) is 28.0. The molecule has 0 amide bonds. The lowest BCUT2D eigenvalue weighted by atomic mass is 9.98. The van der Waals surface area contributed by atoms with E-state index >= 15 is 0 Å². The van der Waals surface area contributed by atoms with Crippen LogP contribution in [0.15, 0.2) is 6.20 Å². The van der Waals surface area contributed by atoms with E-state index in [0.29, 0.717) is 12.0 Å². The van der Waals surface area contributed by atoms with Gasteiger partial charge in [-0.2, -0.15) is 0 Å². The van der Waals surface area contributed by atoms with Gasteiger partial charge >= 0.3 is 0 Å². The number of fused-ring (bicyclic) bond motifs is 1. The van der Waals surface area contributed by atoms with Crippen LogP contribution in [-0.4, -0.2) is 33.6 Å². The van der Waals surface area contributed by atoms with Gasteiger partial charge in [0.2, 0.25) is 0 Å². The lowest BCUT2D eigenvalue weighted by Crippen LogP contribution is -2.28. The second-order valence-electron chi connectivity index (χ2n) is 6.74. The van der Waals surface area contributed by atoms with Crippen molar-refractivity contribution in [2.75, 3.05) is 13.1 Å². The molecule has 0 spiro atoms. The fourth-order valence-corrected chi connectivity index (χ4v) is 3.70. The summed E-state index contributed by atoms with van der Waals surface area (Å²) in [6, 6.07) is 0.694. The predicted octanol–water partition coefficient (Wildman–Crippen LogP) is 3.05. The van der Waals surface area contributed by atoms with Crippen molar-refractivity contribution >= 4 is 0 Å². The quantitative estimate of drug-likeness (QED) is 0.834. The van der Waals surface area contributed by atoms with Crippen molar-refractivity contribution in [2.45, 2.75) is 65.0 Å². The van der Waals surface area contributed by atoms with Crippen LogP contribution in [0.5, 0.6) is 0 Å². The highest BCUT2D eigenvalue weighted by atomic mass is 15.2. The van der Waals surface area contributed by atoms with Crippen molar-refractivity contribution < 1.29 is 0 Å². The number of likely N-dealkylation sites (tertiary alicyclic amines) is 1. The maximum atomic E-state index is 4.73. The number of nitrogens with zero attached hydrogens (tertiary/aromatic N) is 3. The fourth-order valence-electron chi connectivity index (χ4n) is 3.70. The molecule has 3 heteroatoms. The highest BCUT2D eigenvalue weighted by molar-refractivity contribution is 5.13. The second kappa shape index (κ2) is 5.28. The molecule has 2 unspecified atom stereocenters. The van der Waals surface area contributed by atoms with Crippen molar-refractivity contribution in [3.63, 3.8) is 0 Å². The van der Waals surface area contributed by atoms with Gasteiger partial charge in [0.1, 0.15) is 5.82 Å². The molecule has 1 aromatic heterocycles. The van der Waals surface area contributed by atoms with Crippen LogP contribution in [0.2, 0.25) is 0 Å². The summed E-state index contributed by atoms with van der Waals surface area (Å²) in [4.78, 5) is 7.33. The Balaban J connectivity index is 1.68. The van der Waals surface area contributed by atoms with Gasteiger partial charge in [-0.25, -0.2) is 4.98 Å². The summed E-state index contributed by atoms with van der Waals surface area (Å²) in [6.45, 7) is 10.7. The van der Waals surface area contributed by atoms with E-state index in [1.54, 1.807) is 0 Å². The summed E-state index contributed by atoms with van der Waals surface area (Å²) in [5.74, 6) is 2.86. The summed E-state index contributed by atoms with van der Waals surface area (Å²) in [6.07, 6.45) is 7.30. The van der Waals surface area contributed by atoms with Crippen molar-refractivity contribution in [3.8, 4) is 0 Å². The number of aromatic nitrogens is 2. The van der Waals surface area contributed by atoms with E-state index in [2.05, 4.69) is 36.4 Å². The average molecular weight is 261 g/mol. The molecule has 1 fully saturated rings. The first-order chi connectivity index (χ1) is 9.15. The van der Waals surface area contributed by atoms with Crippen LogP contribution >= 0.6 is 0 Å². The molecule has 1 saturated heterocycles. The molecule has 2 aliphatic heterocycles.